The monoisotopic (exact) mass is 358 g/mol. The Hall–Kier alpha value is -2.99. The molecule has 1 aliphatic rings. The van der Waals surface area contributed by atoms with E-state index in [1.54, 1.807) is 11.0 Å². The van der Waals surface area contributed by atoms with E-state index in [0.29, 0.717) is 0 Å². The maximum Gasteiger partial charge on any atom is 0.163 e. The Morgan fingerprint density at radius 1 is 0.889 bits per heavy atom. The number of aryl methyl sites for hydroxylation is 1. The third-order valence-electron chi connectivity index (χ3n) is 5.45. The number of rotatable bonds is 3. The Morgan fingerprint density at radius 2 is 1.70 bits per heavy atom. The Morgan fingerprint density at radius 3 is 2.59 bits per heavy atom. The molecule has 2 aromatic heterocycles. The number of benzene rings is 2. The van der Waals surface area contributed by atoms with Gasteiger partial charge in [0.2, 0.25) is 0 Å². The molecule has 0 unspecified atom stereocenters. The molecule has 2 aromatic carbocycles. The Bertz CT molecular complexity index is 1090. The summed E-state index contributed by atoms with van der Waals surface area (Å²) in [6.45, 7) is 4.96. The average Bonchev–Trinajstić information content (AvgIpc) is 3.10. The molecule has 6 nitrogen and oxygen atoms in total. The normalized spacial score (nSPS) is 15.7. The number of piperazine rings is 1. The van der Waals surface area contributed by atoms with Gasteiger partial charge in [-0.2, -0.15) is 5.10 Å². The zero-order valence-electron chi connectivity index (χ0n) is 15.4. The van der Waals surface area contributed by atoms with Crippen molar-refractivity contribution in [3.63, 3.8) is 0 Å². The van der Waals surface area contributed by atoms with Gasteiger partial charge in [-0.1, -0.05) is 42.5 Å². The zero-order valence-corrected chi connectivity index (χ0v) is 15.4. The molecule has 0 radical (unpaired) electrons. The van der Waals surface area contributed by atoms with Gasteiger partial charge in [0.25, 0.3) is 0 Å². The first-order valence-electron chi connectivity index (χ1n) is 9.36. The van der Waals surface area contributed by atoms with Crippen LogP contribution in [-0.2, 0) is 13.6 Å². The number of nitrogens with zero attached hydrogens (tertiary/aromatic N) is 6. The van der Waals surface area contributed by atoms with Gasteiger partial charge in [0.15, 0.2) is 5.65 Å². The van der Waals surface area contributed by atoms with Crippen molar-refractivity contribution in [3.05, 3.63) is 60.6 Å². The van der Waals surface area contributed by atoms with Crippen molar-refractivity contribution in [1.29, 1.82) is 0 Å². The molecule has 3 heterocycles. The van der Waals surface area contributed by atoms with Gasteiger partial charge in [0, 0.05) is 39.8 Å². The van der Waals surface area contributed by atoms with Crippen molar-refractivity contribution in [2.75, 3.05) is 31.1 Å². The summed E-state index contributed by atoms with van der Waals surface area (Å²) in [6.07, 6.45) is 3.51. The van der Waals surface area contributed by atoms with Crippen molar-refractivity contribution in [3.8, 4) is 0 Å². The van der Waals surface area contributed by atoms with E-state index in [0.717, 1.165) is 49.6 Å². The van der Waals surface area contributed by atoms with Gasteiger partial charge in [-0.15, -0.1) is 0 Å². The molecule has 136 valence electrons. The second-order valence-electron chi connectivity index (χ2n) is 7.10. The molecule has 1 aliphatic heterocycles. The minimum absolute atomic E-state index is 0.887. The fourth-order valence-corrected chi connectivity index (χ4v) is 3.99. The highest BCUT2D eigenvalue weighted by Crippen LogP contribution is 2.24. The highest BCUT2D eigenvalue weighted by molar-refractivity contribution is 5.87. The molecule has 5 rings (SSSR count). The van der Waals surface area contributed by atoms with E-state index in [1.807, 2.05) is 13.2 Å². The quantitative estimate of drug-likeness (QED) is 0.564. The van der Waals surface area contributed by atoms with Crippen LogP contribution < -0.4 is 4.90 Å². The number of hydrogen-bond acceptors (Lipinski definition) is 5. The van der Waals surface area contributed by atoms with Crippen LogP contribution in [-0.4, -0.2) is 50.8 Å². The maximum absolute atomic E-state index is 4.54. The molecule has 1 fully saturated rings. The van der Waals surface area contributed by atoms with Crippen LogP contribution >= 0.6 is 0 Å². The van der Waals surface area contributed by atoms with Crippen LogP contribution in [0.1, 0.15) is 5.56 Å². The topological polar surface area (TPSA) is 50.1 Å². The van der Waals surface area contributed by atoms with Crippen molar-refractivity contribution < 1.29 is 0 Å². The third kappa shape index (κ3) is 2.92. The van der Waals surface area contributed by atoms with Crippen LogP contribution in [0.25, 0.3) is 21.8 Å². The molecule has 0 N–H and O–H groups in total. The summed E-state index contributed by atoms with van der Waals surface area (Å²) in [5.41, 5.74) is 2.29. The van der Waals surface area contributed by atoms with Crippen LogP contribution in [0.2, 0.25) is 0 Å². The van der Waals surface area contributed by atoms with Gasteiger partial charge in [-0.05, 0) is 16.3 Å². The summed E-state index contributed by atoms with van der Waals surface area (Å²) in [7, 11) is 1.92. The van der Waals surface area contributed by atoms with Crippen molar-refractivity contribution >= 4 is 27.6 Å². The summed E-state index contributed by atoms with van der Waals surface area (Å²) in [4.78, 5) is 13.8. The van der Waals surface area contributed by atoms with Crippen molar-refractivity contribution in [2.45, 2.75) is 6.54 Å². The summed E-state index contributed by atoms with van der Waals surface area (Å²) in [5.74, 6) is 0.998. The summed E-state index contributed by atoms with van der Waals surface area (Å²) in [5, 5.41) is 8.03. The molecule has 6 heteroatoms. The summed E-state index contributed by atoms with van der Waals surface area (Å²) in [6, 6.07) is 15.2. The molecule has 0 bridgehead atoms. The molecular weight excluding hydrogens is 336 g/mol. The highest BCUT2D eigenvalue weighted by Gasteiger charge is 2.21. The minimum Gasteiger partial charge on any atom is -0.353 e. The fourth-order valence-electron chi connectivity index (χ4n) is 3.99. The number of hydrogen-bond donors (Lipinski definition) is 0. The molecule has 0 aliphatic carbocycles. The maximum atomic E-state index is 4.54. The standard InChI is InChI=1S/C21H22N6/c1-25-20-19(13-24-25)21(23-15-22-20)27-11-9-26(10-12-27)14-17-7-4-6-16-5-2-3-8-18(16)17/h2-8,13,15H,9-12,14H2,1H3. The SMILES string of the molecule is Cn1ncc2c(N3CCN(Cc4cccc5ccccc45)CC3)ncnc21. The van der Waals surface area contributed by atoms with Crippen LogP contribution in [0, 0.1) is 0 Å². The predicted octanol–water partition coefficient (Wildman–Crippen LogP) is 2.84. The van der Waals surface area contributed by atoms with Crippen LogP contribution in [0.3, 0.4) is 0 Å². The van der Waals surface area contributed by atoms with Crippen molar-refractivity contribution in [1.82, 2.24) is 24.6 Å². The molecule has 0 spiro atoms. The first kappa shape index (κ1) is 16.2. The molecule has 27 heavy (non-hydrogen) atoms. The van der Waals surface area contributed by atoms with Gasteiger partial charge < -0.3 is 4.90 Å². The molecule has 4 aromatic rings. The number of fused-ring (bicyclic) bond motifs is 2. The first-order chi connectivity index (χ1) is 13.3. The van der Waals surface area contributed by atoms with Crippen LogP contribution in [0.5, 0.6) is 0 Å². The summed E-state index contributed by atoms with van der Waals surface area (Å²) < 4.78 is 1.80. The van der Waals surface area contributed by atoms with E-state index < -0.39 is 0 Å². The lowest BCUT2D eigenvalue weighted by atomic mass is 10.0. The van der Waals surface area contributed by atoms with Gasteiger partial charge in [-0.25, -0.2) is 9.97 Å². The Kier molecular flexibility index (Phi) is 3.98. The lowest BCUT2D eigenvalue weighted by Crippen LogP contribution is -2.46. The van der Waals surface area contributed by atoms with E-state index in [4.69, 9.17) is 0 Å². The number of anilines is 1. The van der Waals surface area contributed by atoms with Crippen LogP contribution in [0.15, 0.2) is 55.0 Å². The Labute approximate surface area is 158 Å². The molecular formula is C21H22N6. The van der Waals surface area contributed by atoms with E-state index >= 15 is 0 Å². The lowest BCUT2D eigenvalue weighted by Gasteiger charge is -2.35. The predicted molar refractivity (Wildman–Crippen MR) is 108 cm³/mol. The second-order valence-corrected chi connectivity index (χ2v) is 7.10. The molecule has 0 atom stereocenters. The first-order valence-corrected chi connectivity index (χ1v) is 9.36. The van der Waals surface area contributed by atoms with E-state index in [2.05, 4.69) is 67.3 Å². The second kappa shape index (κ2) is 6.63. The fraction of sp³-hybridized carbons (Fsp3) is 0.286. The van der Waals surface area contributed by atoms with Crippen molar-refractivity contribution in [2.24, 2.45) is 7.05 Å². The molecule has 0 saturated carbocycles. The zero-order chi connectivity index (χ0) is 18.2. The van der Waals surface area contributed by atoms with E-state index in [-0.39, 0.29) is 0 Å². The third-order valence-corrected chi connectivity index (χ3v) is 5.45. The largest absolute Gasteiger partial charge is 0.353 e. The molecule has 0 amide bonds. The lowest BCUT2D eigenvalue weighted by molar-refractivity contribution is 0.250. The average molecular weight is 358 g/mol. The summed E-state index contributed by atoms with van der Waals surface area (Å²) >= 11 is 0. The van der Waals surface area contributed by atoms with Gasteiger partial charge in [0.05, 0.1) is 11.6 Å². The van der Waals surface area contributed by atoms with Crippen LogP contribution in [0.4, 0.5) is 5.82 Å². The van der Waals surface area contributed by atoms with E-state index in [9.17, 15) is 0 Å². The van der Waals surface area contributed by atoms with Gasteiger partial charge in [-0.3, -0.25) is 9.58 Å². The Balaban J connectivity index is 1.33. The highest BCUT2D eigenvalue weighted by atomic mass is 15.3. The smallest absolute Gasteiger partial charge is 0.163 e. The van der Waals surface area contributed by atoms with Gasteiger partial charge in [0.1, 0.15) is 12.1 Å². The van der Waals surface area contributed by atoms with Gasteiger partial charge >= 0.3 is 0 Å². The minimum atomic E-state index is 0.887. The molecule has 1 saturated heterocycles. The number of aromatic nitrogens is 4. The van der Waals surface area contributed by atoms with E-state index in [1.165, 1.54) is 16.3 Å².